The second-order valence-electron chi connectivity index (χ2n) is 4.91. The first kappa shape index (κ1) is 14.6. The molecular weight excluding hydrogens is 308 g/mol. The molecule has 1 aliphatic heterocycles. The molecule has 4 nitrogen and oxygen atoms in total. The molecule has 21 heavy (non-hydrogen) atoms. The highest BCUT2D eigenvalue weighted by atomic mass is 35.5. The van der Waals surface area contributed by atoms with E-state index in [2.05, 4.69) is 18.8 Å². The Balaban J connectivity index is 1.97. The molecule has 1 aromatic heterocycles. The molecule has 0 bridgehead atoms. The summed E-state index contributed by atoms with van der Waals surface area (Å²) in [5.74, 6) is 1.26. The maximum atomic E-state index is 6.35. The summed E-state index contributed by atoms with van der Waals surface area (Å²) in [7, 11) is 0. The lowest BCUT2D eigenvalue weighted by molar-refractivity contribution is 0.171. The molecule has 2 heterocycles. The van der Waals surface area contributed by atoms with E-state index in [1.807, 2.05) is 12.1 Å². The maximum absolute atomic E-state index is 6.35. The number of aryl methyl sites for hydroxylation is 2. The molecule has 6 heteroatoms. The maximum Gasteiger partial charge on any atom is 0.179 e. The molecule has 112 valence electrons. The number of nitrogens with two attached hydrogens (primary N) is 1. The molecule has 2 N–H and O–H groups in total. The molecule has 1 aromatic carbocycles. The first-order chi connectivity index (χ1) is 10.1. The Hall–Kier alpha value is -1.30. The molecule has 0 aliphatic carbocycles. The van der Waals surface area contributed by atoms with Gasteiger partial charge in [-0.3, -0.25) is 0 Å². The van der Waals surface area contributed by atoms with Crippen LogP contribution in [-0.4, -0.2) is 18.2 Å². The van der Waals surface area contributed by atoms with Crippen molar-refractivity contribution >= 4 is 22.9 Å². The first-order valence-electron chi connectivity index (χ1n) is 6.91. The number of benzene rings is 1. The van der Waals surface area contributed by atoms with Crippen molar-refractivity contribution in [3.63, 3.8) is 0 Å². The van der Waals surface area contributed by atoms with E-state index in [4.69, 9.17) is 26.8 Å². The molecule has 1 unspecified atom stereocenters. The molecule has 2 aromatic rings. The van der Waals surface area contributed by atoms with Crippen molar-refractivity contribution in [2.24, 2.45) is 5.73 Å². The summed E-state index contributed by atoms with van der Waals surface area (Å²) in [6.45, 7) is 5.21. The lowest BCUT2D eigenvalue weighted by atomic mass is 10.1. The molecule has 0 radical (unpaired) electrons. The minimum atomic E-state index is -0.303. The zero-order valence-electron chi connectivity index (χ0n) is 12.0. The number of hydrogen-bond donors (Lipinski definition) is 1. The van der Waals surface area contributed by atoms with Crippen LogP contribution in [0.2, 0.25) is 5.02 Å². The van der Waals surface area contributed by atoms with Crippen molar-refractivity contribution in [2.45, 2.75) is 26.3 Å². The molecule has 0 saturated carbocycles. The van der Waals surface area contributed by atoms with Crippen molar-refractivity contribution in [3.05, 3.63) is 38.3 Å². The van der Waals surface area contributed by atoms with Crippen LogP contribution < -0.4 is 15.2 Å². The number of thiazole rings is 1. The average molecular weight is 325 g/mol. The summed E-state index contributed by atoms with van der Waals surface area (Å²) in [5, 5.41) is 1.43. The first-order valence-corrected chi connectivity index (χ1v) is 8.10. The molecule has 1 atom stereocenters. The van der Waals surface area contributed by atoms with Crippen LogP contribution in [0.3, 0.4) is 0 Å². The van der Waals surface area contributed by atoms with Gasteiger partial charge in [0.1, 0.15) is 18.2 Å². The van der Waals surface area contributed by atoms with Gasteiger partial charge in [-0.2, -0.15) is 0 Å². The van der Waals surface area contributed by atoms with Crippen molar-refractivity contribution in [1.82, 2.24) is 4.98 Å². The summed E-state index contributed by atoms with van der Waals surface area (Å²) in [6.07, 6.45) is 0.914. The monoisotopic (exact) mass is 324 g/mol. The summed E-state index contributed by atoms with van der Waals surface area (Å²) in [5.41, 5.74) is 8.34. The highest BCUT2D eigenvalue weighted by molar-refractivity contribution is 7.11. The molecule has 1 aliphatic rings. The molecule has 0 spiro atoms. The van der Waals surface area contributed by atoms with E-state index in [0.29, 0.717) is 29.7 Å². The molecule has 3 rings (SSSR count). The van der Waals surface area contributed by atoms with Crippen LogP contribution >= 0.6 is 22.9 Å². The Morgan fingerprint density at radius 1 is 1.38 bits per heavy atom. The van der Waals surface area contributed by atoms with E-state index < -0.39 is 0 Å². The van der Waals surface area contributed by atoms with Gasteiger partial charge in [0.15, 0.2) is 11.5 Å². The third-order valence-electron chi connectivity index (χ3n) is 3.49. The standard InChI is InChI=1S/C15H17ClN2O2S/c1-3-11-8(2)21-15(18-11)13(17)9-6-10(16)14-12(7-9)19-4-5-20-14/h6-7,13H,3-5,17H2,1-2H3. The van der Waals surface area contributed by atoms with Gasteiger partial charge in [0.05, 0.1) is 16.8 Å². The normalized spacial score (nSPS) is 15.0. The third kappa shape index (κ3) is 2.73. The Kier molecular flexibility index (Phi) is 4.06. The fourth-order valence-electron chi connectivity index (χ4n) is 2.36. The largest absolute Gasteiger partial charge is 0.486 e. The SMILES string of the molecule is CCc1nc(C(N)c2cc(Cl)c3c(c2)OCCO3)sc1C. The van der Waals surface area contributed by atoms with Crippen LogP contribution in [0.15, 0.2) is 12.1 Å². The number of rotatable bonds is 3. The van der Waals surface area contributed by atoms with Crippen molar-refractivity contribution in [3.8, 4) is 11.5 Å². The summed E-state index contributed by atoms with van der Waals surface area (Å²) in [6, 6.07) is 3.43. The van der Waals surface area contributed by atoms with Crippen LogP contribution in [0.5, 0.6) is 11.5 Å². The second kappa shape index (κ2) is 5.83. The van der Waals surface area contributed by atoms with Gasteiger partial charge < -0.3 is 15.2 Å². The quantitative estimate of drug-likeness (QED) is 0.939. The number of halogens is 1. The minimum Gasteiger partial charge on any atom is -0.486 e. The lowest BCUT2D eigenvalue weighted by Gasteiger charge is -2.21. The van der Waals surface area contributed by atoms with E-state index in [1.54, 1.807) is 11.3 Å². The van der Waals surface area contributed by atoms with Gasteiger partial charge in [0.2, 0.25) is 0 Å². The Bertz CT molecular complexity index is 672. The van der Waals surface area contributed by atoms with Gasteiger partial charge in [-0.1, -0.05) is 18.5 Å². The fourth-order valence-corrected chi connectivity index (χ4v) is 3.68. The number of nitrogens with zero attached hydrogens (tertiary/aromatic N) is 1. The smallest absolute Gasteiger partial charge is 0.179 e. The fraction of sp³-hybridized carbons (Fsp3) is 0.400. The Morgan fingerprint density at radius 2 is 2.14 bits per heavy atom. The highest BCUT2D eigenvalue weighted by Gasteiger charge is 2.21. The molecular formula is C15H17ClN2O2S. The number of hydrogen-bond acceptors (Lipinski definition) is 5. The summed E-state index contributed by atoms with van der Waals surface area (Å²) >= 11 is 7.90. The average Bonchev–Trinajstić information content (AvgIpc) is 2.87. The Labute approximate surface area is 132 Å². The number of aromatic nitrogens is 1. The summed E-state index contributed by atoms with van der Waals surface area (Å²) in [4.78, 5) is 5.84. The molecule has 0 amide bonds. The van der Waals surface area contributed by atoms with Gasteiger partial charge in [-0.05, 0) is 31.0 Å². The van der Waals surface area contributed by atoms with Crippen LogP contribution in [-0.2, 0) is 6.42 Å². The molecule has 0 fully saturated rings. The molecule has 0 saturated heterocycles. The van der Waals surface area contributed by atoms with Crippen LogP contribution in [0.25, 0.3) is 0 Å². The highest BCUT2D eigenvalue weighted by Crippen LogP contribution is 2.40. The van der Waals surface area contributed by atoms with E-state index in [9.17, 15) is 0 Å². The van der Waals surface area contributed by atoms with Crippen LogP contribution in [0.1, 0.15) is 34.1 Å². The van der Waals surface area contributed by atoms with Gasteiger partial charge in [0.25, 0.3) is 0 Å². The van der Waals surface area contributed by atoms with Gasteiger partial charge in [0, 0.05) is 4.88 Å². The third-order valence-corrected chi connectivity index (χ3v) is 4.87. The van der Waals surface area contributed by atoms with E-state index in [1.165, 1.54) is 4.88 Å². The van der Waals surface area contributed by atoms with Crippen molar-refractivity contribution in [1.29, 1.82) is 0 Å². The zero-order chi connectivity index (χ0) is 15.0. The van der Waals surface area contributed by atoms with Gasteiger partial charge in [-0.15, -0.1) is 11.3 Å². The lowest BCUT2D eigenvalue weighted by Crippen LogP contribution is -2.17. The zero-order valence-corrected chi connectivity index (χ0v) is 13.6. The van der Waals surface area contributed by atoms with Gasteiger partial charge >= 0.3 is 0 Å². The number of ether oxygens (including phenoxy) is 2. The van der Waals surface area contributed by atoms with Crippen LogP contribution in [0, 0.1) is 6.92 Å². The van der Waals surface area contributed by atoms with Crippen molar-refractivity contribution < 1.29 is 9.47 Å². The second-order valence-corrected chi connectivity index (χ2v) is 6.56. The van der Waals surface area contributed by atoms with E-state index in [-0.39, 0.29) is 6.04 Å². The van der Waals surface area contributed by atoms with E-state index in [0.717, 1.165) is 22.7 Å². The van der Waals surface area contributed by atoms with Crippen molar-refractivity contribution in [2.75, 3.05) is 13.2 Å². The number of fused-ring (bicyclic) bond motifs is 1. The predicted molar refractivity (Wildman–Crippen MR) is 84.7 cm³/mol. The Morgan fingerprint density at radius 3 is 2.86 bits per heavy atom. The van der Waals surface area contributed by atoms with Crippen LogP contribution in [0.4, 0.5) is 0 Å². The predicted octanol–water partition coefficient (Wildman–Crippen LogP) is 3.49. The summed E-state index contributed by atoms with van der Waals surface area (Å²) < 4.78 is 11.1. The van der Waals surface area contributed by atoms with Gasteiger partial charge in [-0.25, -0.2) is 4.98 Å². The van der Waals surface area contributed by atoms with E-state index >= 15 is 0 Å². The topological polar surface area (TPSA) is 57.4 Å². The minimum absolute atomic E-state index is 0.303.